The van der Waals surface area contributed by atoms with Gasteiger partial charge in [0.1, 0.15) is 5.82 Å². The molecule has 0 saturated heterocycles. The van der Waals surface area contributed by atoms with Gasteiger partial charge in [0.25, 0.3) is 10.0 Å². The normalized spacial score (nSPS) is 14.2. The summed E-state index contributed by atoms with van der Waals surface area (Å²) < 4.78 is 25.4. The Morgan fingerprint density at radius 3 is 2.79 bits per heavy atom. The first-order valence-electron chi connectivity index (χ1n) is 4.18. The van der Waals surface area contributed by atoms with Gasteiger partial charge in [0, 0.05) is 12.6 Å². The molecule has 1 heterocycles. The Morgan fingerprint density at radius 1 is 1.71 bits per heavy atom. The molecule has 14 heavy (non-hydrogen) atoms. The standard InChI is InChI=1S/C7H14N4O2S/c1-5(8)3-10-14(12,13)7-4-9-6(2)11-7/h4-5,10H,3,8H2,1-2H3,(H,9,11). The van der Waals surface area contributed by atoms with Crippen LogP contribution in [0.3, 0.4) is 0 Å². The third-order valence-electron chi connectivity index (χ3n) is 1.56. The van der Waals surface area contributed by atoms with E-state index in [9.17, 15) is 8.42 Å². The Balaban J connectivity index is 2.76. The number of aryl methyl sites for hydroxylation is 1. The SMILES string of the molecule is Cc1ncc(S(=O)(=O)NCC(C)N)[nH]1. The lowest BCUT2D eigenvalue weighted by molar-refractivity contribution is 0.570. The van der Waals surface area contributed by atoms with E-state index in [4.69, 9.17) is 5.73 Å². The first-order valence-corrected chi connectivity index (χ1v) is 5.67. The van der Waals surface area contributed by atoms with Gasteiger partial charge in [-0.15, -0.1) is 0 Å². The molecule has 0 fully saturated rings. The number of aromatic nitrogens is 2. The highest BCUT2D eigenvalue weighted by Crippen LogP contribution is 2.03. The van der Waals surface area contributed by atoms with Gasteiger partial charge in [-0.3, -0.25) is 0 Å². The fourth-order valence-electron chi connectivity index (χ4n) is 0.854. The van der Waals surface area contributed by atoms with E-state index in [1.165, 1.54) is 6.20 Å². The molecule has 1 rings (SSSR count). The summed E-state index contributed by atoms with van der Waals surface area (Å²) in [5.41, 5.74) is 5.43. The Hall–Kier alpha value is -0.920. The van der Waals surface area contributed by atoms with Crippen LogP contribution in [0.15, 0.2) is 11.2 Å². The van der Waals surface area contributed by atoms with Crippen molar-refractivity contribution < 1.29 is 8.42 Å². The zero-order chi connectivity index (χ0) is 10.8. The largest absolute Gasteiger partial charge is 0.332 e. The molecule has 1 aromatic heterocycles. The topological polar surface area (TPSA) is 101 Å². The molecule has 1 atom stereocenters. The van der Waals surface area contributed by atoms with E-state index >= 15 is 0 Å². The van der Waals surface area contributed by atoms with E-state index in [2.05, 4.69) is 14.7 Å². The summed E-state index contributed by atoms with van der Waals surface area (Å²) in [6, 6.07) is -0.214. The number of nitrogens with one attached hydrogen (secondary N) is 2. The predicted molar refractivity (Wildman–Crippen MR) is 52.2 cm³/mol. The lowest BCUT2D eigenvalue weighted by atomic mass is 10.4. The van der Waals surface area contributed by atoms with Crippen LogP contribution < -0.4 is 10.5 Å². The lowest BCUT2D eigenvalue weighted by Crippen LogP contribution is -2.35. The van der Waals surface area contributed by atoms with Gasteiger partial charge in [0.15, 0.2) is 5.03 Å². The highest BCUT2D eigenvalue weighted by atomic mass is 32.2. The molecule has 0 amide bonds. The maximum atomic E-state index is 11.5. The fourth-order valence-corrected chi connectivity index (χ4v) is 1.97. The molecule has 1 unspecified atom stereocenters. The summed E-state index contributed by atoms with van der Waals surface area (Å²) in [7, 11) is -3.48. The van der Waals surface area contributed by atoms with E-state index in [0.717, 1.165) is 0 Å². The average Bonchev–Trinajstić information content (AvgIpc) is 2.49. The molecular weight excluding hydrogens is 204 g/mol. The average molecular weight is 218 g/mol. The summed E-state index contributed by atoms with van der Waals surface area (Å²) >= 11 is 0. The van der Waals surface area contributed by atoms with Gasteiger partial charge in [-0.05, 0) is 13.8 Å². The van der Waals surface area contributed by atoms with Gasteiger partial charge in [0.05, 0.1) is 6.20 Å². The first-order chi connectivity index (χ1) is 6.42. The van der Waals surface area contributed by atoms with Crippen molar-refractivity contribution >= 4 is 10.0 Å². The van der Waals surface area contributed by atoms with E-state index in [0.29, 0.717) is 5.82 Å². The summed E-state index contributed by atoms with van der Waals surface area (Å²) in [6.07, 6.45) is 1.28. The second kappa shape index (κ2) is 4.07. The van der Waals surface area contributed by atoms with E-state index in [1.54, 1.807) is 13.8 Å². The van der Waals surface area contributed by atoms with Crippen molar-refractivity contribution in [3.63, 3.8) is 0 Å². The molecule has 1 aromatic rings. The van der Waals surface area contributed by atoms with E-state index in [1.807, 2.05) is 0 Å². The highest BCUT2D eigenvalue weighted by Gasteiger charge is 2.16. The molecule has 0 saturated carbocycles. The van der Waals surface area contributed by atoms with Gasteiger partial charge in [-0.2, -0.15) is 0 Å². The smallest absolute Gasteiger partial charge is 0.257 e. The molecule has 0 spiro atoms. The zero-order valence-corrected chi connectivity index (χ0v) is 8.93. The van der Waals surface area contributed by atoms with Crippen molar-refractivity contribution in [3.05, 3.63) is 12.0 Å². The number of nitrogens with zero attached hydrogens (tertiary/aromatic N) is 1. The van der Waals surface area contributed by atoms with Gasteiger partial charge < -0.3 is 10.7 Å². The number of imidazole rings is 1. The molecule has 80 valence electrons. The van der Waals surface area contributed by atoms with Gasteiger partial charge in [0.2, 0.25) is 0 Å². The maximum absolute atomic E-state index is 11.5. The Bertz CT molecular complexity index is 396. The Kier molecular flexibility index (Phi) is 3.25. The number of hydrogen-bond donors (Lipinski definition) is 3. The van der Waals surface area contributed by atoms with Crippen LogP contribution in [0, 0.1) is 6.92 Å². The third-order valence-corrected chi connectivity index (χ3v) is 2.90. The van der Waals surface area contributed by atoms with Crippen molar-refractivity contribution in [3.8, 4) is 0 Å². The molecular formula is C7H14N4O2S. The molecule has 6 nitrogen and oxygen atoms in total. The molecule has 0 aliphatic heterocycles. The molecule has 4 N–H and O–H groups in total. The fraction of sp³-hybridized carbons (Fsp3) is 0.571. The van der Waals surface area contributed by atoms with Gasteiger partial charge in [-0.25, -0.2) is 18.1 Å². The minimum absolute atomic E-state index is 0.0654. The van der Waals surface area contributed by atoms with Crippen LogP contribution in [0.5, 0.6) is 0 Å². The number of rotatable bonds is 4. The molecule has 0 aliphatic rings. The number of sulfonamides is 1. The van der Waals surface area contributed by atoms with Crippen LogP contribution in [-0.2, 0) is 10.0 Å². The Morgan fingerprint density at radius 2 is 2.36 bits per heavy atom. The van der Waals surface area contributed by atoms with E-state index < -0.39 is 10.0 Å². The zero-order valence-electron chi connectivity index (χ0n) is 8.11. The summed E-state index contributed by atoms with van der Waals surface area (Å²) in [5.74, 6) is 0.561. The van der Waals surface area contributed by atoms with Gasteiger partial charge >= 0.3 is 0 Å². The molecule has 0 bridgehead atoms. The van der Waals surface area contributed by atoms with E-state index in [-0.39, 0.29) is 17.6 Å². The minimum Gasteiger partial charge on any atom is -0.332 e. The monoisotopic (exact) mass is 218 g/mol. The van der Waals surface area contributed by atoms with Crippen molar-refractivity contribution in [2.45, 2.75) is 24.9 Å². The van der Waals surface area contributed by atoms with Crippen molar-refractivity contribution in [2.75, 3.05) is 6.54 Å². The Labute approximate surface area is 83.0 Å². The van der Waals surface area contributed by atoms with Crippen LogP contribution in [0.4, 0.5) is 0 Å². The van der Waals surface area contributed by atoms with Crippen molar-refractivity contribution in [2.24, 2.45) is 5.73 Å². The second-order valence-electron chi connectivity index (χ2n) is 3.16. The highest BCUT2D eigenvalue weighted by molar-refractivity contribution is 7.89. The number of hydrogen-bond acceptors (Lipinski definition) is 4. The first kappa shape index (κ1) is 11.2. The second-order valence-corrected chi connectivity index (χ2v) is 4.90. The van der Waals surface area contributed by atoms with Crippen LogP contribution >= 0.6 is 0 Å². The van der Waals surface area contributed by atoms with Crippen LogP contribution in [0.2, 0.25) is 0 Å². The summed E-state index contributed by atoms with van der Waals surface area (Å²) in [5, 5.41) is 0.0654. The van der Waals surface area contributed by atoms with Gasteiger partial charge in [-0.1, -0.05) is 0 Å². The van der Waals surface area contributed by atoms with Crippen LogP contribution in [0.1, 0.15) is 12.7 Å². The van der Waals surface area contributed by atoms with Crippen molar-refractivity contribution in [1.82, 2.24) is 14.7 Å². The third kappa shape index (κ3) is 2.79. The predicted octanol–water partition coefficient (Wildman–Crippen LogP) is -0.656. The maximum Gasteiger partial charge on any atom is 0.257 e. The summed E-state index contributed by atoms with van der Waals surface area (Å²) in [4.78, 5) is 6.44. The quantitative estimate of drug-likeness (QED) is 0.624. The van der Waals surface area contributed by atoms with Crippen LogP contribution in [-0.4, -0.2) is 31.0 Å². The molecule has 0 aliphatic carbocycles. The summed E-state index contributed by atoms with van der Waals surface area (Å²) in [6.45, 7) is 3.62. The van der Waals surface area contributed by atoms with Crippen LogP contribution in [0.25, 0.3) is 0 Å². The minimum atomic E-state index is -3.48. The van der Waals surface area contributed by atoms with Crippen molar-refractivity contribution in [1.29, 1.82) is 0 Å². The molecule has 0 radical (unpaired) electrons. The molecule has 7 heteroatoms. The lowest BCUT2D eigenvalue weighted by Gasteiger charge is -2.06. The number of nitrogens with two attached hydrogens (primary N) is 1. The molecule has 0 aromatic carbocycles. The number of aromatic amines is 1. The number of H-pyrrole nitrogens is 1.